The third kappa shape index (κ3) is 1.53. The molecule has 74 valence electrons. The third-order valence-electron chi connectivity index (χ3n) is 2.64. The van der Waals surface area contributed by atoms with Crippen LogP contribution in [0.1, 0.15) is 25.8 Å². The Hall–Kier alpha value is -1.28. The second-order valence-electron chi connectivity index (χ2n) is 4.34. The van der Waals surface area contributed by atoms with Crippen LogP contribution in [0, 0.1) is 5.21 Å². The van der Waals surface area contributed by atoms with Gasteiger partial charge in [0, 0.05) is 5.54 Å². The maximum atomic E-state index is 11.5. The zero-order valence-electron chi connectivity index (χ0n) is 8.53. The van der Waals surface area contributed by atoms with E-state index in [0.717, 1.165) is 22.6 Å². The summed E-state index contributed by atoms with van der Waals surface area (Å²) in [5, 5.41) is 12.6. The van der Waals surface area contributed by atoms with Crippen LogP contribution >= 0.6 is 0 Å². The molecule has 0 saturated heterocycles. The van der Waals surface area contributed by atoms with Gasteiger partial charge in [-0.25, -0.2) is 0 Å². The Morgan fingerprint density at radius 3 is 2.36 bits per heavy atom. The van der Waals surface area contributed by atoms with Crippen molar-refractivity contribution in [2.45, 2.75) is 25.8 Å². The van der Waals surface area contributed by atoms with Crippen LogP contribution in [0.4, 0.5) is 0 Å². The molecule has 1 heterocycles. The van der Waals surface area contributed by atoms with E-state index in [-0.39, 0.29) is 5.54 Å². The largest absolute Gasteiger partial charge is 0.758 e. The summed E-state index contributed by atoms with van der Waals surface area (Å²) in [6.45, 7) is 3.93. The lowest BCUT2D eigenvalue weighted by atomic mass is 9.95. The first kappa shape index (κ1) is 9.28. The molecule has 0 amide bonds. The van der Waals surface area contributed by atoms with Crippen LogP contribution in [0.15, 0.2) is 36.5 Å². The van der Waals surface area contributed by atoms with Gasteiger partial charge in [0.2, 0.25) is 0 Å². The Morgan fingerprint density at radius 1 is 1.21 bits per heavy atom. The van der Waals surface area contributed by atoms with Crippen molar-refractivity contribution in [3.05, 3.63) is 47.3 Å². The van der Waals surface area contributed by atoms with Gasteiger partial charge in [-0.15, -0.1) is 0 Å². The Morgan fingerprint density at radius 2 is 1.86 bits per heavy atom. The van der Waals surface area contributed by atoms with Crippen molar-refractivity contribution in [3.8, 4) is 0 Å². The summed E-state index contributed by atoms with van der Waals surface area (Å²) in [6.07, 6.45) is 2.52. The van der Waals surface area contributed by atoms with Gasteiger partial charge in [0.05, 0.1) is 0 Å². The SMILES string of the molecule is CC1(C)CC(c2ccccc2)=CN1[O-]. The molecule has 1 aromatic carbocycles. The van der Waals surface area contributed by atoms with E-state index in [1.54, 1.807) is 6.20 Å². The molecule has 0 saturated carbocycles. The van der Waals surface area contributed by atoms with E-state index in [2.05, 4.69) is 0 Å². The molecule has 0 fully saturated rings. The van der Waals surface area contributed by atoms with E-state index < -0.39 is 0 Å². The first-order chi connectivity index (χ1) is 6.59. The van der Waals surface area contributed by atoms with Gasteiger partial charge in [0.1, 0.15) is 0 Å². The number of hydrogen-bond acceptors (Lipinski definition) is 2. The van der Waals surface area contributed by atoms with Crippen molar-refractivity contribution in [2.24, 2.45) is 0 Å². The summed E-state index contributed by atoms with van der Waals surface area (Å²) in [5.74, 6) is 0. The highest BCUT2D eigenvalue weighted by Gasteiger charge is 2.26. The van der Waals surface area contributed by atoms with Gasteiger partial charge in [0.25, 0.3) is 0 Å². The highest BCUT2D eigenvalue weighted by molar-refractivity contribution is 5.68. The predicted molar refractivity (Wildman–Crippen MR) is 58.3 cm³/mol. The molecular weight excluding hydrogens is 174 g/mol. The quantitative estimate of drug-likeness (QED) is 0.677. The number of hydrogen-bond donors (Lipinski definition) is 0. The van der Waals surface area contributed by atoms with E-state index in [1.807, 2.05) is 44.2 Å². The molecule has 1 aliphatic rings. The van der Waals surface area contributed by atoms with Crippen molar-refractivity contribution in [2.75, 3.05) is 0 Å². The number of rotatable bonds is 1. The monoisotopic (exact) mass is 188 g/mol. The van der Waals surface area contributed by atoms with Crippen LogP contribution in [-0.2, 0) is 0 Å². The van der Waals surface area contributed by atoms with Gasteiger partial charge >= 0.3 is 0 Å². The Balaban J connectivity index is 2.28. The van der Waals surface area contributed by atoms with Crippen molar-refractivity contribution in [3.63, 3.8) is 0 Å². The summed E-state index contributed by atoms with van der Waals surface area (Å²) < 4.78 is 0. The van der Waals surface area contributed by atoms with Crippen LogP contribution in [0.5, 0.6) is 0 Å². The molecule has 0 N–H and O–H groups in total. The number of nitrogens with zero attached hydrogens (tertiary/aromatic N) is 1. The minimum absolute atomic E-state index is 0.287. The molecular formula is C12H14NO-. The number of hydroxylamine groups is 2. The van der Waals surface area contributed by atoms with Crippen LogP contribution in [0.25, 0.3) is 5.57 Å². The van der Waals surface area contributed by atoms with Crippen LogP contribution in [-0.4, -0.2) is 10.6 Å². The lowest BCUT2D eigenvalue weighted by Crippen LogP contribution is -2.31. The summed E-state index contributed by atoms with van der Waals surface area (Å²) in [6, 6.07) is 10.1. The van der Waals surface area contributed by atoms with Gasteiger partial charge in [0.15, 0.2) is 0 Å². The van der Waals surface area contributed by atoms with Gasteiger partial charge in [-0.05, 0) is 37.6 Å². The predicted octanol–water partition coefficient (Wildman–Crippen LogP) is 3.01. The van der Waals surface area contributed by atoms with Gasteiger partial charge in [-0.2, -0.15) is 0 Å². The van der Waals surface area contributed by atoms with Gasteiger partial charge in [-0.1, -0.05) is 30.3 Å². The lowest BCUT2D eigenvalue weighted by Gasteiger charge is -2.38. The molecule has 1 aliphatic heterocycles. The standard InChI is InChI=1S/C12H14NO/c1-12(2)8-11(9-13(12)14)10-6-4-3-5-7-10/h3-7,9H,8H2,1-2H3/q-1. The molecule has 14 heavy (non-hydrogen) atoms. The molecule has 2 rings (SSSR count). The molecule has 0 aromatic heterocycles. The van der Waals surface area contributed by atoms with E-state index in [0.29, 0.717) is 0 Å². The zero-order valence-corrected chi connectivity index (χ0v) is 8.53. The molecule has 0 aliphatic carbocycles. The van der Waals surface area contributed by atoms with Crippen molar-refractivity contribution < 1.29 is 0 Å². The smallest absolute Gasteiger partial charge is 0.0269 e. The highest BCUT2D eigenvalue weighted by Crippen LogP contribution is 2.35. The molecule has 2 nitrogen and oxygen atoms in total. The fourth-order valence-corrected chi connectivity index (χ4v) is 1.73. The summed E-state index contributed by atoms with van der Waals surface area (Å²) in [5.41, 5.74) is 2.00. The molecule has 0 unspecified atom stereocenters. The second kappa shape index (κ2) is 3.14. The lowest BCUT2D eigenvalue weighted by molar-refractivity contribution is 0.283. The van der Waals surface area contributed by atoms with Crippen molar-refractivity contribution in [1.29, 1.82) is 0 Å². The Kier molecular flexibility index (Phi) is 2.08. The maximum absolute atomic E-state index is 11.5. The molecule has 0 spiro atoms. The molecule has 0 radical (unpaired) electrons. The van der Waals surface area contributed by atoms with Gasteiger partial charge in [-0.3, -0.25) is 0 Å². The summed E-state index contributed by atoms with van der Waals surface area (Å²) in [7, 11) is 0. The third-order valence-corrected chi connectivity index (χ3v) is 2.64. The van der Waals surface area contributed by atoms with Crippen molar-refractivity contribution >= 4 is 5.57 Å². The Bertz CT molecular complexity index is 354. The van der Waals surface area contributed by atoms with E-state index in [1.165, 1.54) is 0 Å². The van der Waals surface area contributed by atoms with Gasteiger partial charge < -0.3 is 10.3 Å². The molecule has 0 atom stereocenters. The summed E-state index contributed by atoms with van der Waals surface area (Å²) >= 11 is 0. The average Bonchev–Trinajstić information content (AvgIpc) is 2.43. The summed E-state index contributed by atoms with van der Waals surface area (Å²) in [4.78, 5) is 0. The minimum Gasteiger partial charge on any atom is -0.758 e. The van der Waals surface area contributed by atoms with E-state index >= 15 is 0 Å². The fraction of sp³-hybridized carbons (Fsp3) is 0.333. The second-order valence-corrected chi connectivity index (χ2v) is 4.34. The van der Waals surface area contributed by atoms with Crippen LogP contribution in [0.2, 0.25) is 0 Å². The fourth-order valence-electron chi connectivity index (χ4n) is 1.73. The topological polar surface area (TPSA) is 26.3 Å². The minimum atomic E-state index is -0.287. The maximum Gasteiger partial charge on any atom is 0.0269 e. The highest BCUT2D eigenvalue weighted by atomic mass is 16.5. The van der Waals surface area contributed by atoms with Crippen LogP contribution < -0.4 is 0 Å². The molecule has 1 aromatic rings. The van der Waals surface area contributed by atoms with Crippen LogP contribution in [0.3, 0.4) is 0 Å². The van der Waals surface area contributed by atoms with Crippen molar-refractivity contribution in [1.82, 2.24) is 5.06 Å². The number of benzene rings is 1. The normalized spacial score (nSPS) is 19.6. The van der Waals surface area contributed by atoms with E-state index in [9.17, 15) is 5.21 Å². The zero-order chi connectivity index (χ0) is 10.2. The van der Waals surface area contributed by atoms with E-state index in [4.69, 9.17) is 0 Å². The first-order valence-corrected chi connectivity index (χ1v) is 4.82. The molecule has 0 bridgehead atoms. The molecule has 2 heteroatoms. The average molecular weight is 188 g/mol. The first-order valence-electron chi connectivity index (χ1n) is 4.82. The Labute approximate surface area is 84.4 Å².